The van der Waals surface area contributed by atoms with Crippen molar-refractivity contribution in [1.29, 1.82) is 0 Å². The maximum atomic E-state index is 5.66. The number of piperidine rings is 2. The highest BCUT2D eigenvalue weighted by Crippen LogP contribution is 2.45. The highest BCUT2D eigenvalue weighted by molar-refractivity contribution is 7.80. The Labute approximate surface area is 133 Å². The smallest absolute Gasteiger partial charge is 0.173 e. The van der Waals surface area contributed by atoms with Crippen molar-refractivity contribution in [3.8, 4) is 0 Å². The number of rotatable bonds is 1. The predicted molar refractivity (Wildman–Crippen MR) is 92.6 cm³/mol. The van der Waals surface area contributed by atoms with Crippen LogP contribution in [-0.4, -0.2) is 48.1 Å². The van der Waals surface area contributed by atoms with Crippen molar-refractivity contribution in [3.05, 3.63) is 30.3 Å². The van der Waals surface area contributed by atoms with E-state index in [1.54, 1.807) is 0 Å². The van der Waals surface area contributed by atoms with Gasteiger partial charge in [-0.1, -0.05) is 32.0 Å². The van der Waals surface area contributed by atoms with E-state index in [4.69, 9.17) is 12.2 Å². The molecule has 2 bridgehead atoms. The zero-order chi connectivity index (χ0) is 15.1. The average molecular weight is 303 g/mol. The lowest BCUT2D eigenvalue weighted by molar-refractivity contribution is -0.0424. The van der Waals surface area contributed by atoms with Gasteiger partial charge in [-0.15, -0.1) is 0 Å². The number of nitrogens with one attached hydrogen (secondary N) is 1. The summed E-state index contributed by atoms with van der Waals surface area (Å²) in [6, 6.07) is 10.2. The van der Waals surface area contributed by atoms with E-state index in [0.29, 0.717) is 10.8 Å². The molecule has 0 amide bonds. The molecule has 2 heterocycles. The van der Waals surface area contributed by atoms with E-state index in [0.717, 1.165) is 37.0 Å². The molecule has 1 N–H and O–H groups in total. The van der Waals surface area contributed by atoms with Gasteiger partial charge in [0.15, 0.2) is 5.11 Å². The molecule has 2 atom stereocenters. The minimum Gasteiger partial charge on any atom is -0.348 e. The van der Waals surface area contributed by atoms with Gasteiger partial charge in [-0.2, -0.15) is 0 Å². The van der Waals surface area contributed by atoms with Crippen LogP contribution in [0.2, 0.25) is 0 Å². The van der Waals surface area contributed by atoms with Crippen molar-refractivity contribution in [2.75, 3.05) is 38.5 Å². The highest BCUT2D eigenvalue weighted by atomic mass is 32.1. The van der Waals surface area contributed by atoms with Crippen LogP contribution in [0.15, 0.2) is 30.3 Å². The lowest BCUT2D eigenvalue weighted by Gasteiger charge is -2.56. The first-order valence-corrected chi connectivity index (χ1v) is 8.08. The average Bonchev–Trinajstić information content (AvgIpc) is 2.36. The van der Waals surface area contributed by atoms with Gasteiger partial charge in [0.1, 0.15) is 0 Å². The fraction of sp³-hybridized carbons (Fsp3) is 0.588. The third-order valence-electron chi connectivity index (χ3n) is 4.61. The minimum atomic E-state index is 0.336. The van der Waals surface area contributed by atoms with Gasteiger partial charge in [0, 0.05) is 31.9 Å². The summed E-state index contributed by atoms with van der Waals surface area (Å²) >= 11 is 5.66. The molecule has 2 saturated heterocycles. The summed E-state index contributed by atoms with van der Waals surface area (Å²) in [4.78, 5) is 4.85. The van der Waals surface area contributed by atoms with Crippen LogP contribution >= 0.6 is 12.2 Å². The molecular weight excluding hydrogens is 278 g/mol. The van der Waals surface area contributed by atoms with E-state index in [9.17, 15) is 0 Å². The van der Waals surface area contributed by atoms with Crippen molar-refractivity contribution in [3.63, 3.8) is 0 Å². The number of benzene rings is 1. The third-order valence-corrected chi connectivity index (χ3v) is 4.97. The van der Waals surface area contributed by atoms with Crippen LogP contribution < -0.4 is 5.32 Å². The fourth-order valence-electron chi connectivity index (χ4n) is 4.56. The van der Waals surface area contributed by atoms with Gasteiger partial charge < -0.3 is 15.1 Å². The number of thiocarbonyl (C=S) groups is 1. The molecule has 0 aliphatic carbocycles. The van der Waals surface area contributed by atoms with E-state index >= 15 is 0 Å². The molecule has 2 aliphatic heterocycles. The quantitative estimate of drug-likeness (QED) is 0.803. The van der Waals surface area contributed by atoms with Gasteiger partial charge >= 0.3 is 0 Å². The number of para-hydroxylation sites is 1. The monoisotopic (exact) mass is 303 g/mol. The van der Waals surface area contributed by atoms with Gasteiger partial charge in [0.05, 0.1) is 0 Å². The van der Waals surface area contributed by atoms with Crippen molar-refractivity contribution < 1.29 is 0 Å². The minimum absolute atomic E-state index is 0.336. The number of nitrogens with zero attached hydrogens (tertiary/aromatic N) is 2. The molecule has 2 aliphatic rings. The molecular formula is C17H25N3S. The molecule has 3 nitrogen and oxygen atoms in total. The van der Waals surface area contributed by atoms with Gasteiger partial charge in [-0.25, -0.2) is 0 Å². The van der Waals surface area contributed by atoms with E-state index in [-0.39, 0.29) is 0 Å². The Morgan fingerprint density at radius 3 is 2.19 bits per heavy atom. The van der Waals surface area contributed by atoms with Gasteiger partial charge in [0.2, 0.25) is 0 Å². The Bertz CT molecular complexity index is 512. The van der Waals surface area contributed by atoms with Crippen LogP contribution in [0.25, 0.3) is 0 Å². The summed E-state index contributed by atoms with van der Waals surface area (Å²) in [5.74, 6) is 0. The Morgan fingerprint density at radius 1 is 1.05 bits per heavy atom. The molecule has 0 saturated carbocycles. The van der Waals surface area contributed by atoms with Crippen LogP contribution in [0.3, 0.4) is 0 Å². The molecule has 1 aromatic carbocycles. The van der Waals surface area contributed by atoms with Crippen molar-refractivity contribution in [2.45, 2.75) is 20.3 Å². The van der Waals surface area contributed by atoms with Crippen LogP contribution in [0.5, 0.6) is 0 Å². The lowest BCUT2D eigenvalue weighted by Crippen LogP contribution is -2.62. The maximum absolute atomic E-state index is 5.66. The Kier molecular flexibility index (Phi) is 3.70. The summed E-state index contributed by atoms with van der Waals surface area (Å²) in [5.41, 5.74) is 1.75. The summed E-state index contributed by atoms with van der Waals surface area (Å²) < 4.78 is 0. The van der Waals surface area contributed by atoms with E-state index in [1.165, 1.54) is 6.42 Å². The van der Waals surface area contributed by atoms with E-state index < -0.39 is 0 Å². The zero-order valence-corrected chi connectivity index (χ0v) is 14.0. The maximum Gasteiger partial charge on any atom is 0.173 e. The zero-order valence-electron chi connectivity index (χ0n) is 13.2. The summed E-state index contributed by atoms with van der Waals surface area (Å²) in [6.45, 7) is 9.22. The molecule has 1 aromatic rings. The van der Waals surface area contributed by atoms with E-state index in [1.807, 2.05) is 18.2 Å². The molecule has 3 rings (SSSR count). The number of hydrogen-bond acceptors (Lipinski definition) is 2. The van der Waals surface area contributed by atoms with Crippen molar-refractivity contribution in [2.24, 2.45) is 10.8 Å². The first-order valence-electron chi connectivity index (χ1n) is 7.67. The first kappa shape index (κ1) is 14.8. The van der Waals surface area contributed by atoms with Crippen LogP contribution in [0.4, 0.5) is 5.69 Å². The standard InChI is InChI=1S/C17H25N3S/c1-16-9-17(2,11-19(3)10-16)13-20(12-16)15(21)18-14-7-5-4-6-8-14/h4-8H,9-13H2,1-3H3,(H,18,21). The molecule has 2 fully saturated rings. The number of hydrogen-bond donors (Lipinski definition) is 1. The molecule has 114 valence electrons. The molecule has 21 heavy (non-hydrogen) atoms. The second kappa shape index (κ2) is 5.25. The molecule has 4 heteroatoms. The second-order valence-electron chi connectivity index (χ2n) is 7.62. The lowest BCUT2D eigenvalue weighted by atomic mass is 9.66. The number of fused-ring (bicyclic) bond motifs is 2. The topological polar surface area (TPSA) is 18.5 Å². The van der Waals surface area contributed by atoms with Crippen molar-refractivity contribution in [1.82, 2.24) is 9.80 Å². The summed E-state index contributed by atoms with van der Waals surface area (Å²) in [5, 5.41) is 4.25. The third kappa shape index (κ3) is 3.22. The van der Waals surface area contributed by atoms with Crippen LogP contribution in [0, 0.1) is 10.8 Å². The fourth-order valence-corrected chi connectivity index (χ4v) is 4.81. The molecule has 2 unspecified atom stereocenters. The molecule has 0 aromatic heterocycles. The predicted octanol–water partition coefficient (Wildman–Crippen LogP) is 3.05. The van der Waals surface area contributed by atoms with E-state index in [2.05, 4.69) is 48.1 Å². The Hall–Kier alpha value is -1.13. The largest absolute Gasteiger partial charge is 0.348 e. The van der Waals surface area contributed by atoms with Crippen LogP contribution in [-0.2, 0) is 0 Å². The number of anilines is 1. The van der Waals surface area contributed by atoms with Gasteiger partial charge in [-0.3, -0.25) is 0 Å². The Balaban J connectivity index is 1.73. The highest BCUT2D eigenvalue weighted by Gasteiger charge is 2.47. The van der Waals surface area contributed by atoms with Crippen molar-refractivity contribution >= 4 is 23.0 Å². The number of likely N-dealkylation sites (tertiary alicyclic amines) is 2. The summed E-state index contributed by atoms with van der Waals surface area (Å²) in [7, 11) is 2.24. The Morgan fingerprint density at radius 2 is 1.62 bits per heavy atom. The normalized spacial score (nSPS) is 32.8. The molecule has 0 radical (unpaired) electrons. The molecule has 0 spiro atoms. The van der Waals surface area contributed by atoms with Gasteiger partial charge in [-0.05, 0) is 48.6 Å². The SMILES string of the molecule is CN1CC2(C)CN(C(=S)Nc3ccccc3)CC(C)(C1)C2. The van der Waals surface area contributed by atoms with Gasteiger partial charge in [0.25, 0.3) is 0 Å². The first-order chi connectivity index (χ1) is 9.88. The van der Waals surface area contributed by atoms with Crippen LogP contribution in [0.1, 0.15) is 20.3 Å². The summed E-state index contributed by atoms with van der Waals surface area (Å²) in [6.07, 6.45) is 1.30. The second-order valence-corrected chi connectivity index (χ2v) is 8.01.